The van der Waals surface area contributed by atoms with Crippen LogP contribution in [0, 0.1) is 23.2 Å². The Hall–Kier alpha value is -0.330. The average Bonchev–Trinajstić information content (AvgIpc) is 2.16. The van der Waals surface area contributed by atoms with Crippen LogP contribution in [0.25, 0.3) is 0 Å². The summed E-state index contributed by atoms with van der Waals surface area (Å²) in [4.78, 5) is 11.7. The predicted molar refractivity (Wildman–Crippen MR) is 53.4 cm³/mol. The van der Waals surface area contributed by atoms with Crippen LogP contribution in [0.1, 0.15) is 46.5 Å². The van der Waals surface area contributed by atoms with Crippen LogP contribution in [0.15, 0.2) is 0 Å². The van der Waals surface area contributed by atoms with Gasteiger partial charge >= 0.3 is 0 Å². The number of fused-ring (bicyclic) bond motifs is 2. The van der Waals surface area contributed by atoms with E-state index < -0.39 is 0 Å². The molecule has 3 aliphatic rings. The Labute approximate surface area is 80.9 Å². The molecular formula is C12H20O. The van der Waals surface area contributed by atoms with E-state index in [0.29, 0.717) is 23.0 Å². The molecule has 0 amide bonds. The zero-order valence-electron chi connectivity index (χ0n) is 8.97. The maximum absolute atomic E-state index is 11.7. The fraction of sp³-hybridized carbons (Fsp3) is 0.917. The molecule has 0 N–H and O–H groups in total. The molecule has 3 unspecified atom stereocenters. The highest BCUT2D eigenvalue weighted by atomic mass is 16.1. The van der Waals surface area contributed by atoms with Crippen LogP contribution in [0.4, 0.5) is 0 Å². The van der Waals surface area contributed by atoms with Gasteiger partial charge in [-0.05, 0) is 36.5 Å². The largest absolute Gasteiger partial charge is 0.299 e. The van der Waals surface area contributed by atoms with Crippen LogP contribution in [0.5, 0.6) is 0 Å². The molecular weight excluding hydrogens is 160 g/mol. The Morgan fingerprint density at radius 2 is 2.08 bits per heavy atom. The van der Waals surface area contributed by atoms with Gasteiger partial charge in [-0.2, -0.15) is 0 Å². The van der Waals surface area contributed by atoms with Gasteiger partial charge in [-0.3, -0.25) is 4.79 Å². The van der Waals surface area contributed by atoms with Crippen molar-refractivity contribution in [2.45, 2.75) is 46.5 Å². The summed E-state index contributed by atoms with van der Waals surface area (Å²) < 4.78 is 0. The fourth-order valence-electron chi connectivity index (χ4n) is 3.46. The minimum Gasteiger partial charge on any atom is -0.299 e. The Balaban J connectivity index is 2.11. The fourth-order valence-corrected chi connectivity index (χ4v) is 3.46. The lowest BCUT2D eigenvalue weighted by molar-refractivity contribution is -0.145. The molecule has 3 aliphatic carbocycles. The smallest absolute Gasteiger partial charge is 0.135 e. The molecule has 74 valence electrons. The summed E-state index contributed by atoms with van der Waals surface area (Å²) in [6, 6.07) is 0. The molecule has 0 aliphatic heterocycles. The number of hydrogen-bond donors (Lipinski definition) is 0. The van der Waals surface area contributed by atoms with Crippen molar-refractivity contribution in [1.82, 2.24) is 0 Å². The van der Waals surface area contributed by atoms with Crippen LogP contribution < -0.4 is 0 Å². The predicted octanol–water partition coefficient (Wildman–Crippen LogP) is 3.04. The maximum atomic E-state index is 11.7. The van der Waals surface area contributed by atoms with Crippen molar-refractivity contribution in [3.05, 3.63) is 0 Å². The van der Waals surface area contributed by atoms with E-state index in [4.69, 9.17) is 0 Å². The van der Waals surface area contributed by atoms with Gasteiger partial charge in [0.15, 0.2) is 0 Å². The third kappa shape index (κ3) is 1.16. The molecule has 0 aromatic carbocycles. The van der Waals surface area contributed by atoms with Crippen molar-refractivity contribution in [3.8, 4) is 0 Å². The van der Waals surface area contributed by atoms with Crippen molar-refractivity contribution < 1.29 is 4.79 Å². The zero-order valence-corrected chi connectivity index (χ0v) is 8.97. The standard InChI is InChI=1S/C12H20O/c1-4-11(13)9-6-5-8-7-10(9)12(8,2)3/h8-10H,4-7H2,1-3H3. The molecule has 3 rings (SSSR count). The van der Waals surface area contributed by atoms with E-state index in [-0.39, 0.29) is 0 Å². The third-order valence-electron chi connectivity index (χ3n) is 4.62. The molecule has 0 saturated heterocycles. The molecule has 13 heavy (non-hydrogen) atoms. The van der Waals surface area contributed by atoms with Crippen molar-refractivity contribution in [2.24, 2.45) is 23.2 Å². The van der Waals surface area contributed by atoms with Crippen molar-refractivity contribution >= 4 is 5.78 Å². The molecule has 0 radical (unpaired) electrons. The monoisotopic (exact) mass is 180 g/mol. The van der Waals surface area contributed by atoms with E-state index >= 15 is 0 Å². The van der Waals surface area contributed by atoms with Crippen LogP contribution in [0.3, 0.4) is 0 Å². The molecule has 1 nitrogen and oxygen atoms in total. The summed E-state index contributed by atoms with van der Waals surface area (Å²) in [6.07, 6.45) is 4.52. The van der Waals surface area contributed by atoms with E-state index in [9.17, 15) is 4.79 Å². The first kappa shape index (κ1) is 9.23. The second-order valence-electron chi connectivity index (χ2n) is 5.36. The van der Waals surface area contributed by atoms with Crippen molar-refractivity contribution in [3.63, 3.8) is 0 Å². The van der Waals surface area contributed by atoms with Gasteiger partial charge in [0.25, 0.3) is 0 Å². The minimum absolute atomic E-state index is 0.407. The van der Waals surface area contributed by atoms with E-state index in [1.165, 1.54) is 19.3 Å². The number of hydrogen-bond acceptors (Lipinski definition) is 1. The van der Waals surface area contributed by atoms with Crippen molar-refractivity contribution in [2.75, 3.05) is 0 Å². The highest BCUT2D eigenvalue weighted by Crippen LogP contribution is 2.61. The van der Waals surface area contributed by atoms with Gasteiger partial charge in [-0.15, -0.1) is 0 Å². The lowest BCUT2D eigenvalue weighted by Crippen LogP contribution is -2.54. The second kappa shape index (κ2) is 2.83. The summed E-state index contributed by atoms with van der Waals surface area (Å²) in [6.45, 7) is 6.70. The third-order valence-corrected chi connectivity index (χ3v) is 4.62. The highest BCUT2D eigenvalue weighted by molar-refractivity contribution is 5.81. The molecule has 3 atom stereocenters. The lowest BCUT2D eigenvalue weighted by Gasteiger charge is -2.59. The van der Waals surface area contributed by atoms with Gasteiger partial charge in [0.1, 0.15) is 5.78 Å². The van der Waals surface area contributed by atoms with Gasteiger partial charge in [-0.1, -0.05) is 20.8 Å². The SMILES string of the molecule is CCC(=O)C1CCC2CC1C2(C)C. The van der Waals surface area contributed by atoms with Gasteiger partial charge < -0.3 is 0 Å². The van der Waals surface area contributed by atoms with Crippen molar-refractivity contribution in [1.29, 1.82) is 0 Å². The summed E-state index contributed by atoms with van der Waals surface area (Å²) in [5.74, 6) is 2.54. The topological polar surface area (TPSA) is 17.1 Å². The molecule has 2 bridgehead atoms. The van der Waals surface area contributed by atoms with Gasteiger partial charge in [0, 0.05) is 12.3 Å². The Bertz CT molecular complexity index is 227. The van der Waals surface area contributed by atoms with Gasteiger partial charge in [-0.25, -0.2) is 0 Å². The zero-order chi connectivity index (χ0) is 9.64. The first-order valence-corrected chi connectivity index (χ1v) is 5.60. The number of Topliss-reactive ketones (excluding diaryl/α,β-unsaturated/α-hetero) is 1. The minimum atomic E-state index is 0.407. The molecule has 1 heteroatoms. The second-order valence-corrected chi connectivity index (χ2v) is 5.36. The maximum Gasteiger partial charge on any atom is 0.135 e. The summed E-state index contributed by atoms with van der Waals surface area (Å²) in [5.41, 5.74) is 0.466. The van der Waals surface area contributed by atoms with Gasteiger partial charge in [0.05, 0.1) is 0 Å². The molecule has 3 saturated carbocycles. The van der Waals surface area contributed by atoms with Gasteiger partial charge in [0.2, 0.25) is 0 Å². The Morgan fingerprint density at radius 3 is 2.54 bits per heavy atom. The summed E-state index contributed by atoms with van der Waals surface area (Å²) in [5, 5.41) is 0. The molecule has 3 fully saturated rings. The first-order valence-electron chi connectivity index (χ1n) is 5.60. The van der Waals surface area contributed by atoms with E-state index in [1.807, 2.05) is 6.92 Å². The average molecular weight is 180 g/mol. The lowest BCUT2D eigenvalue weighted by atomic mass is 9.45. The van der Waals surface area contributed by atoms with Crippen LogP contribution >= 0.6 is 0 Å². The normalized spacial score (nSPS) is 41.0. The highest BCUT2D eigenvalue weighted by Gasteiger charge is 2.55. The summed E-state index contributed by atoms with van der Waals surface area (Å²) in [7, 11) is 0. The summed E-state index contributed by atoms with van der Waals surface area (Å²) >= 11 is 0. The molecule has 0 aromatic heterocycles. The van der Waals surface area contributed by atoms with E-state index in [0.717, 1.165) is 12.3 Å². The van der Waals surface area contributed by atoms with Crippen LogP contribution in [-0.4, -0.2) is 5.78 Å². The van der Waals surface area contributed by atoms with E-state index in [1.54, 1.807) is 0 Å². The first-order chi connectivity index (χ1) is 6.07. The number of rotatable bonds is 2. The van der Waals surface area contributed by atoms with Crippen LogP contribution in [0.2, 0.25) is 0 Å². The Kier molecular flexibility index (Phi) is 2.01. The molecule has 0 spiro atoms. The van der Waals surface area contributed by atoms with E-state index in [2.05, 4.69) is 13.8 Å². The number of carbonyl (C=O) groups excluding carboxylic acids is 1. The van der Waals surface area contributed by atoms with Crippen LogP contribution in [-0.2, 0) is 4.79 Å². The Morgan fingerprint density at radius 1 is 1.38 bits per heavy atom. The molecule has 0 aromatic rings. The number of ketones is 1. The number of carbonyl (C=O) groups is 1. The quantitative estimate of drug-likeness (QED) is 0.638. The molecule has 0 heterocycles.